The first-order chi connectivity index (χ1) is 9.63. The molecule has 5 heteroatoms. The van der Waals surface area contributed by atoms with Crippen LogP contribution in [0.5, 0.6) is 5.75 Å². The smallest absolute Gasteiger partial charge is 0.256 e. The molecule has 0 saturated carbocycles. The molecule has 0 radical (unpaired) electrons. The number of thioether (sulfide) groups is 1. The van der Waals surface area contributed by atoms with Crippen molar-refractivity contribution in [2.45, 2.75) is 36.8 Å². The van der Waals surface area contributed by atoms with Crippen molar-refractivity contribution >= 4 is 11.8 Å². The normalized spacial score (nSPS) is 14.0. The Bertz CT molecular complexity index is 539. The molecule has 108 valence electrons. The van der Waals surface area contributed by atoms with Gasteiger partial charge in [0.05, 0.1) is 18.1 Å². The molecule has 1 aromatic carbocycles. The third kappa shape index (κ3) is 3.55. The highest BCUT2D eigenvalue weighted by atomic mass is 32.2. The molecule has 0 fully saturated rings. The van der Waals surface area contributed by atoms with Gasteiger partial charge in [-0.1, -0.05) is 30.8 Å². The molecule has 20 heavy (non-hydrogen) atoms. The van der Waals surface area contributed by atoms with E-state index in [-0.39, 0.29) is 11.3 Å². The summed E-state index contributed by atoms with van der Waals surface area (Å²) in [7, 11) is 1.66. The Morgan fingerprint density at radius 3 is 2.55 bits per heavy atom. The number of aromatic nitrogens is 1. The van der Waals surface area contributed by atoms with Gasteiger partial charge in [-0.15, -0.1) is 0 Å². The van der Waals surface area contributed by atoms with Crippen molar-refractivity contribution in [3.8, 4) is 5.75 Å². The summed E-state index contributed by atoms with van der Waals surface area (Å²) < 4.78 is 10.6. The second-order valence-corrected chi connectivity index (χ2v) is 5.73. The zero-order valence-electron chi connectivity index (χ0n) is 12.0. The van der Waals surface area contributed by atoms with Gasteiger partial charge in [0.1, 0.15) is 12.0 Å². The molecule has 0 spiro atoms. The highest BCUT2D eigenvalue weighted by molar-refractivity contribution is 7.99. The number of hydrogen-bond donors (Lipinski definition) is 1. The van der Waals surface area contributed by atoms with Crippen LogP contribution in [0.1, 0.15) is 29.9 Å². The number of ether oxygens (including phenoxy) is 1. The van der Waals surface area contributed by atoms with Gasteiger partial charge in [-0.05, 0) is 31.0 Å². The Kier molecular flexibility index (Phi) is 5.09. The van der Waals surface area contributed by atoms with Gasteiger partial charge in [-0.3, -0.25) is 0 Å². The van der Waals surface area contributed by atoms with Crippen LogP contribution >= 0.6 is 11.8 Å². The molecular formula is C15H20N2O2S. The van der Waals surface area contributed by atoms with Crippen molar-refractivity contribution in [2.24, 2.45) is 5.73 Å². The Hall–Kier alpha value is -1.46. The Morgan fingerprint density at radius 1 is 1.35 bits per heavy atom. The van der Waals surface area contributed by atoms with Gasteiger partial charge in [0.2, 0.25) is 0 Å². The molecule has 0 amide bonds. The van der Waals surface area contributed by atoms with E-state index in [9.17, 15) is 0 Å². The number of methoxy groups -OCH3 is 1. The van der Waals surface area contributed by atoms with Crippen LogP contribution in [0.3, 0.4) is 0 Å². The van der Waals surface area contributed by atoms with Crippen molar-refractivity contribution in [3.05, 3.63) is 41.8 Å². The number of nitrogens with zero attached hydrogens (tertiary/aromatic N) is 1. The molecule has 2 aromatic rings. The van der Waals surface area contributed by atoms with Crippen LogP contribution in [0.4, 0.5) is 0 Å². The summed E-state index contributed by atoms with van der Waals surface area (Å²) in [5.41, 5.74) is 8.29. The molecule has 0 bridgehead atoms. The van der Waals surface area contributed by atoms with Gasteiger partial charge in [0, 0.05) is 6.04 Å². The number of nitrogens with two attached hydrogens (primary N) is 1. The highest BCUT2D eigenvalue weighted by Crippen LogP contribution is 2.38. The SMILES string of the molecule is CCC(N)C(Sc1nc(C)co1)c1ccc(OC)cc1. The van der Waals surface area contributed by atoms with Gasteiger partial charge >= 0.3 is 0 Å². The quantitative estimate of drug-likeness (QED) is 0.825. The van der Waals surface area contributed by atoms with Crippen LogP contribution in [0.25, 0.3) is 0 Å². The Balaban J connectivity index is 2.22. The molecule has 2 N–H and O–H groups in total. The molecule has 0 saturated heterocycles. The zero-order chi connectivity index (χ0) is 14.5. The predicted octanol–water partition coefficient (Wildman–Crippen LogP) is 3.56. The fourth-order valence-corrected chi connectivity index (χ4v) is 3.08. The zero-order valence-corrected chi connectivity index (χ0v) is 12.8. The van der Waals surface area contributed by atoms with Gasteiger partial charge in [-0.2, -0.15) is 0 Å². The molecule has 0 aliphatic heterocycles. The molecule has 4 nitrogen and oxygen atoms in total. The summed E-state index contributed by atoms with van der Waals surface area (Å²) in [6, 6.07) is 8.03. The van der Waals surface area contributed by atoms with Gasteiger partial charge in [0.25, 0.3) is 5.22 Å². The molecular weight excluding hydrogens is 272 g/mol. The van der Waals surface area contributed by atoms with E-state index in [2.05, 4.69) is 11.9 Å². The highest BCUT2D eigenvalue weighted by Gasteiger charge is 2.22. The largest absolute Gasteiger partial charge is 0.497 e. The summed E-state index contributed by atoms with van der Waals surface area (Å²) >= 11 is 1.57. The van der Waals surface area contributed by atoms with Crippen molar-refractivity contribution in [1.82, 2.24) is 4.98 Å². The Morgan fingerprint density at radius 2 is 2.05 bits per heavy atom. The standard InChI is InChI=1S/C15H20N2O2S/c1-4-13(16)14(20-15-17-10(2)9-19-15)11-5-7-12(18-3)8-6-11/h5-9,13-14H,4,16H2,1-3H3. The lowest BCUT2D eigenvalue weighted by Crippen LogP contribution is -2.25. The summed E-state index contributed by atoms with van der Waals surface area (Å²) in [5.74, 6) is 0.842. The number of aryl methyl sites for hydroxylation is 1. The molecule has 1 heterocycles. The van der Waals surface area contributed by atoms with Crippen LogP contribution < -0.4 is 10.5 Å². The second kappa shape index (κ2) is 6.81. The first kappa shape index (κ1) is 14.9. The first-order valence-electron chi connectivity index (χ1n) is 6.62. The van der Waals surface area contributed by atoms with Gasteiger partial charge in [0.15, 0.2) is 0 Å². The average Bonchev–Trinajstić information content (AvgIpc) is 2.89. The van der Waals surface area contributed by atoms with Crippen molar-refractivity contribution in [2.75, 3.05) is 7.11 Å². The Labute approximate surface area is 123 Å². The lowest BCUT2D eigenvalue weighted by atomic mass is 10.0. The molecule has 0 aliphatic carbocycles. The first-order valence-corrected chi connectivity index (χ1v) is 7.50. The van der Waals surface area contributed by atoms with E-state index < -0.39 is 0 Å². The van der Waals surface area contributed by atoms with E-state index in [0.29, 0.717) is 5.22 Å². The summed E-state index contributed by atoms with van der Waals surface area (Å²) in [6.07, 6.45) is 2.55. The summed E-state index contributed by atoms with van der Waals surface area (Å²) in [5, 5.41) is 0.774. The fourth-order valence-electron chi connectivity index (χ4n) is 1.91. The number of rotatable bonds is 6. The third-order valence-electron chi connectivity index (χ3n) is 3.13. The molecule has 2 atom stereocenters. The minimum absolute atomic E-state index is 0.0422. The van der Waals surface area contributed by atoms with Crippen LogP contribution in [-0.2, 0) is 0 Å². The maximum atomic E-state index is 6.25. The van der Waals surface area contributed by atoms with Crippen LogP contribution in [0.2, 0.25) is 0 Å². The van der Waals surface area contributed by atoms with Crippen molar-refractivity contribution in [1.29, 1.82) is 0 Å². The monoisotopic (exact) mass is 292 g/mol. The van der Waals surface area contributed by atoms with E-state index in [1.54, 1.807) is 25.1 Å². The minimum atomic E-state index is 0.0422. The maximum Gasteiger partial charge on any atom is 0.256 e. The third-order valence-corrected chi connectivity index (χ3v) is 4.40. The summed E-state index contributed by atoms with van der Waals surface area (Å²) in [4.78, 5) is 4.34. The maximum absolute atomic E-state index is 6.25. The van der Waals surface area contributed by atoms with Gasteiger partial charge < -0.3 is 14.9 Å². The minimum Gasteiger partial charge on any atom is -0.497 e. The lowest BCUT2D eigenvalue weighted by molar-refractivity contribution is 0.414. The molecule has 1 aromatic heterocycles. The summed E-state index contributed by atoms with van der Waals surface area (Å²) in [6.45, 7) is 4.00. The molecule has 2 rings (SSSR count). The fraction of sp³-hybridized carbons (Fsp3) is 0.400. The number of benzene rings is 1. The van der Waals surface area contributed by atoms with E-state index in [1.807, 2.05) is 31.2 Å². The van der Waals surface area contributed by atoms with E-state index in [0.717, 1.165) is 23.4 Å². The van der Waals surface area contributed by atoms with Crippen molar-refractivity contribution in [3.63, 3.8) is 0 Å². The van der Waals surface area contributed by atoms with E-state index in [1.165, 1.54) is 0 Å². The topological polar surface area (TPSA) is 61.3 Å². The molecule has 0 aliphatic rings. The number of oxazole rings is 1. The van der Waals surface area contributed by atoms with E-state index in [4.69, 9.17) is 14.9 Å². The van der Waals surface area contributed by atoms with Crippen LogP contribution in [-0.4, -0.2) is 18.1 Å². The van der Waals surface area contributed by atoms with Gasteiger partial charge in [-0.25, -0.2) is 4.98 Å². The van der Waals surface area contributed by atoms with E-state index >= 15 is 0 Å². The predicted molar refractivity (Wildman–Crippen MR) is 81.1 cm³/mol. The van der Waals surface area contributed by atoms with Crippen LogP contribution in [0, 0.1) is 6.92 Å². The average molecular weight is 292 g/mol. The molecule has 2 unspecified atom stereocenters. The second-order valence-electron chi connectivity index (χ2n) is 4.64. The van der Waals surface area contributed by atoms with Crippen molar-refractivity contribution < 1.29 is 9.15 Å². The number of hydrogen-bond acceptors (Lipinski definition) is 5. The lowest BCUT2D eigenvalue weighted by Gasteiger charge is -2.21. The van der Waals surface area contributed by atoms with Crippen LogP contribution in [0.15, 0.2) is 40.2 Å².